The quantitative estimate of drug-likeness (QED) is 0.450. The van der Waals surface area contributed by atoms with Crippen LogP contribution in [-0.4, -0.2) is 67.2 Å². The number of ether oxygens (including phenoxy) is 2. The van der Waals surface area contributed by atoms with Crippen LogP contribution in [0.25, 0.3) is 27.9 Å². The van der Waals surface area contributed by atoms with E-state index in [2.05, 4.69) is 19.6 Å². The second-order valence-electron chi connectivity index (χ2n) is 9.81. The molecule has 0 unspecified atom stereocenters. The van der Waals surface area contributed by atoms with Crippen LogP contribution in [0.3, 0.4) is 0 Å². The maximum absolute atomic E-state index is 12.9. The Labute approximate surface area is 207 Å². The van der Waals surface area contributed by atoms with Gasteiger partial charge in [-0.1, -0.05) is 0 Å². The van der Waals surface area contributed by atoms with Gasteiger partial charge in [0.25, 0.3) is 0 Å². The molecule has 1 amide bonds. The second kappa shape index (κ2) is 8.90. The monoisotopic (exact) mass is 492 g/mol. The zero-order chi connectivity index (χ0) is 25.6. The van der Waals surface area contributed by atoms with Gasteiger partial charge >= 0.3 is 12.1 Å². The van der Waals surface area contributed by atoms with Gasteiger partial charge in [0.15, 0.2) is 5.65 Å². The van der Waals surface area contributed by atoms with E-state index >= 15 is 0 Å². The number of hydrogen-bond donors (Lipinski definition) is 1. The summed E-state index contributed by atoms with van der Waals surface area (Å²) in [5, 5.41) is 14.8. The first-order valence-corrected chi connectivity index (χ1v) is 11.8. The fraction of sp³-hybridized carbons (Fsp3) is 0.400. The van der Waals surface area contributed by atoms with Crippen LogP contribution in [0.2, 0.25) is 0 Å². The molecule has 5 heterocycles. The predicted octanol–water partition coefficient (Wildman–Crippen LogP) is 4.17. The molecule has 0 aromatic carbocycles. The largest absolute Gasteiger partial charge is 0.477 e. The van der Waals surface area contributed by atoms with Crippen LogP contribution in [0.4, 0.5) is 10.6 Å². The van der Waals surface area contributed by atoms with Gasteiger partial charge in [0, 0.05) is 55.7 Å². The molecule has 11 heteroatoms. The van der Waals surface area contributed by atoms with Gasteiger partial charge in [0.1, 0.15) is 22.6 Å². The number of pyridine rings is 1. The van der Waals surface area contributed by atoms with E-state index in [4.69, 9.17) is 9.47 Å². The molecule has 0 bridgehead atoms. The summed E-state index contributed by atoms with van der Waals surface area (Å²) in [6, 6.07) is 5.76. The minimum Gasteiger partial charge on any atom is -0.477 e. The van der Waals surface area contributed by atoms with Crippen molar-refractivity contribution < 1.29 is 24.2 Å². The summed E-state index contributed by atoms with van der Waals surface area (Å²) in [5.74, 6) is -0.834. The Balaban J connectivity index is 1.71. The number of anilines is 1. The van der Waals surface area contributed by atoms with Crippen molar-refractivity contribution in [2.45, 2.75) is 45.3 Å². The lowest BCUT2D eigenvalue weighted by Crippen LogP contribution is -2.35. The highest BCUT2D eigenvalue weighted by molar-refractivity contribution is 5.98. The van der Waals surface area contributed by atoms with Gasteiger partial charge in [0.05, 0.1) is 11.9 Å². The van der Waals surface area contributed by atoms with Crippen molar-refractivity contribution in [3.8, 4) is 11.3 Å². The van der Waals surface area contributed by atoms with Crippen LogP contribution in [0.15, 0.2) is 36.8 Å². The predicted molar refractivity (Wildman–Crippen MR) is 132 cm³/mol. The number of rotatable bonds is 4. The summed E-state index contributed by atoms with van der Waals surface area (Å²) in [4.78, 5) is 35.5. The van der Waals surface area contributed by atoms with E-state index < -0.39 is 17.7 Å². The van der Waals surface area contributed by atoms with E-state index in [1.807, 2.05) is 18.3 Å². The smallest absolute Gasteiger partial charge is 0.415 e. The van der Waals surface area contributed by atoms with Gasteiger partial charge in [0.2, 0.25) is 0 Å². The molecule has 1 aliphatic heterocycles. The first kappa shape index (κ1) is 23.7. The third-order valence-electron chi connectivity index (χ3n) is 6.14. The third kappa shape index (κ3) is 4.26. The number of amides is 1. The lowest BCUT2D eigenvalue weighted by Gasteiger charge is -2.25. The van der Waals surface area contributed by atoms with Gasteiger partial charge in [-0.3, -0.25) is 4.90 Å². The van der Waals surface area contributed by atoms with Gasteiger partial charge in [-0.15, -0.1) is 0 Å². The fourth-order valence-electron chi connectivity index (χ4n) is 4.43. The molecular weight excluding hydrogens is 464 g/mol. The van der Waals surface area contributed by atoms with Crippen LogP contribution < -0.4 is 4.90 Å². The van der Waals surface area contributed by atoms with Crippen LogP contribution in [0.1, 0.15) is 50.0 Å². The van der Waals surface area contributed by atoms with E-state index in [1.165, 1.54) is 15.6 Å². The molecule has 188 valence electrons. The number of carbonyl (C=O) groups is 2. The molecule has 5 rings (SSSR count). The Morgan fingerprint density at radius 3 is 2.67 bits per heavy atom. The number of aromatic carboxylic acids is 1. The van der Waals surface area contributed by atoms with Gasteiger partial charge in [-0.2, -0.15) is 9.61 Å². The molecule has 1 fully saturated rings. The minimum atomic E-state index is -1.16. The SMILES string of the molecule is CN(C(=O)OC(C)(C)C)c1cc(-c2cn(C3CCOCC3)c3ncccc23)nc2c(C(=O)O)cnn12. The number of carboxylic acid groups (broad SMARTS) is 1. The minimum absolute atomic E-state index is 0.0676. The zero-order valence-corrected chi connectivity index (χ0v) is 20.6. The van der Waals surface area contributed by atoms with Crippen LogP contribution in [0.5, 0.6) is 0 Å². The molecule has 36 heavy (non-hydrogen) atoms. The Bertz CT molecular complexity index is 1460. The molecule has 11 nitrogen and oxygen atoms in total. The van der Waals surface area contributed by atoms with Crippen molar-refractivity contribution in [3.05, 3.63) is 42.4 Å². The Morgan fingerprint density at radius 2 is 1.97 bits per heavy atom. The highest BCUT2D eigenvalue weighted by Crippen LogP contribution is 2.35. The van der Waals surface area contributed by atoms with E-state index in [-0.39, 0.29) is 17.3 Å². The molecule has 0 aliphatic carbocycles. The summed E-state index contributed by atoms with van der Waals surface area (Å²) in [5.41, 5.74) is 1.45. The highest BCUT2D eigenvalue weighted by atomic mass is 16.6. The molecule has 4 aromatic heterocycles. The van der Waals surface area contributed by atoms with Gasteiger partial charge in [-0.25, -0.2) is 19.6 Å². The van der Waals surface area contributed by atoms with E-state index in [0.29, 0.717) is 24.7 Å². The van der Waals surface area contributed by atoms with Gasteiger partial charge in [-0.05, 0) is 45.7 Å². The molecule has 1 saturated heterocycles. The molecule has 4 aromatic rings. The van der Waals surface area contributed by atoms with E-state index in [1.54, 1.807) is 40.1 Å². The average Bonchev–Trinajstić information content (AvgIpc) is 3.44. The number of hydrogen-bond acceptors (Lipinski definition) is 7. The maximum atomic E-state index is 12.9. The van der Waals surface area contributed by atoms with Crippen LogP contribution in [-0.2, 0) is 9.47 Å². The van der Waals surface area contributed by atoms with E-state index in [9.17, 15) is 14.7 Å². The standard InChI is InChI=1S/C25H28N6O5/c1-25(2,3)36-24(34)29(4)20-12-19(28-22-17(23(32)33)13-27-31(20)22)18-14-30(15-7-10-35-11-8-15)21-16(18)6-5-9-26-21/h5-6,9,12-15H,7-8,10-11H2,1-4H3,(H,32,33). The molecule has 0 atom stereocenters. The number of carbonyl (C=O) groups excluding carboxylic acids is 1. The first-order valence-electron chi connectivity index (χ1n) is 11.8. The molecule has 0 spiro atoms. The molecular formula is C25H28N6O5. The molecule has 0 radical (unpaired) electrons. The number of carboxylic acids is 1. The van der Waals surface area contributed by atoms with Crippen molar-refractivity contribution in [1.82, 2.24) is 24.1 Å². The van der Waals surface area contributed by atoms with Crippen LogP contribution in [0, 0.1) is 0 Å². The molecule has 0 saturated carbocycles. The van der Waals surface area contributed by atoms with E-state index in [0.717, 1.165) is 29.4 Å². The summed E-state index contributed by atoms with van der Waals surface area (Å²) in [6.07, 6.45) is 6.11. The second-order valence-corrected chi connectivity index (χ2v) is 9.81. The zero-order valence-electron chi connectivity index (χ0n) is 20.6. The Kier molecular flexibility index (Phi) is 5.87. The summed E-state index contributed by atoms with van der Waals surface area (Å²) < 4.78 is 14.6. The van der Waals surface area contributed by atoms with Crippen LogP contribution >= 0.6 is 0 Å². The average molecular weight is 493 g/mol. The third-order valence-corrected chi connectivity index (χ3v) is 6.14. The van der Waals surface area contributed by atoms with Crippen molar-refractivity contribution in [3.63, 3.8) is 0 Å². The molecule has 1 aliphatic rings. The summed E-state index contributed by atoms with van der Waals surface area (Å²) in [6.45, 7) is 6.70. The number of nitrogens with zero attached hydrogens (tertiary/aromatic N) is 6. The van der Waals surface area contributed by atoms with Crippen molar-refractivity contribution in [2.75, 3.05) is 25.2 Å². The highest BCUT2D eigenvalue weighted by Gasteiger charge is 2.27. The Morgan fingerprint density at radius 1 is 1.22 bits per heavy atom. The number of fused-ring (bicyclic) bond motifs is 2. The lowest BCUT2D eigenvalue weighted by molar-refractivity contribution is 0.0586. The topological polar surface area (TPSA) is 124 Å². The first-order chi connectivity index (χ1) is 17.1. The van der Waals surface area contributed by atoms with Crippen molar-refractivity contribution in [1.29, 1.82) is 0 Å². The lowest BCUT2D eigenvalue weighted by atomic mass is 10.1. The normalized spacial score (nSPS) is 14.9. The van der Waals surface area contributed by atoms with Crippen molar-refractivity contribution >= 4 is 34.6 Å². The summed E-state index contributed by atoms with van der Waals surface area (Å²) >= 11 is 0. The Hall–Kier alpha value is -3.99. The molecule has 1 N–H and O–H groups in total. The van der Waals surface area contributed by atoms with Gasteiger partial charge < -0.3 is 19.1 Å². The van der Waals surface area contributed by atoms with Crippen molar-refractivity contribution in [2.24, 2.45) is 0 Å². The fourth-order valence-corrected chi connectivity index (χ4v) is 4.43. The number of aromatic nitrogens is 5. The maximum Gasteiger partial charge on any atom is 0.415 e. The summed E-state index contributed by atoms with van der Waals surface area (Å²) in [7, 11) is 1.56.